The first kappa shape index (κ1) is 14.4. The lowest BCUT2D eigenvalue weighted by Crippen LogP contribution is -1.95. The van der Waals surface area contributed by atoms with E-state index in [-0.39, 0.29) is 0 Å². The summed E-state index contributed by atoms with van der Waals surface area (Å²) in [6.07, 6.45) is 0. The van der Waals surface area contributed by atoms with E-state index in [1.165, 1.54) is 11.8 Å². The van der Waals surface area contributed by atoms with Gasteiger partial charge in [-0.05, 0) is 28.1 Å². The lowest BCUT2D eigenvalue weighted by Gasteiger charge is -2.05. The molecule has 2 rings (SSSR count). The van der Waals surface area contributed by atoms with Crippen molar-refractivity contribution >= 4 is 62.5 Å². The van der Waals surface area contributed by atoms with Gasteiger partial charge in [-0.1, -0.05) is 46.9 Å². The van der Waals surface area contributed by atoms with Crippen molar-refractivity contribution in [2.75, 3.05) is 0 Å². The second-order valence-corrected chi connectivity index (χ2v) is 6.19. The molecule has 0 atom stereocenters. The lowest BCUT2D eigenvalue weighted by molar-refractivity contribution is 1.02. The van der Waals surface area contributed by atoms with Crippen LogP contribution in [0.5, 0.6) is 0 Å². The molecule has 0 bridgehead atoms. The maximum atomic E-state index is 6.06. The number of nitrogens with zero attached hydrogens (tertiary/aromatic N) is 2. The van der Waals surface area contributed by atoms with Crippen LogP contribution in [0.3, 0.4) is 0 Å². The number of rotatable bonds is 3. The Balaban J connectivity index is 2.14. The molecule has 18 heavy (non-hydrogen) atoms. The van der Waals surface area contributed by atoms with Crippen LogP contribution in [0.2, 0.25) is 15.3 Å². The normalized spacial score (nSPS) is 10.7. The Morgan fingerprint density at radius 3 is 2.28 bits per heavy atom. The number of hydrogen-bond donors (Lipinski definition) is 0. The zero-order valence-corrected chi connectivity index (χ0v) is 13.5. The van der Waals surface area contributed by atoms with E-state index in [0.29, 0.717) is 31.4 Å². The highest BCUT2D eigenvalue weighted by atomic mass is 79.9. The average molecular weight is 385 g/mol. The van der Waals surface area contributed by atoms with Crippen molar-refractivity contribution < 1.29 is 0 Å². The minimum absolute atomic E-state index is 0.310. The molecule has 0 saturated heterocycles. The third-order valence-electron chi connectivity index (χ3n) is 2.01. The Morgan fingerprint density at radius 2 is 1.67 bits per heavy atom. The molecule has 0 spiro atoms. The van der Waals surface area contributed by atoms with Gasteiger partial charge in [0, 0.05) is 4.90 Å². The topological polar surface area (TPSA) is 25.8 Å². The number of hydrogen-bond acceptors (Lipinski definition) is 3. The van der Waals surface area contributed by atoms with Crippen LogP contribution in [0.15, 0.2) is 33.6 Å². The fourth-order valence-electron chi connectivity index (χ4n) is 1.20. The molecule has 0 amide bonds. The summed E-state index contributed by atoms with van der Waals surface area (Å²) in [5.41, 5.74) is 0. The summed E-state index contributed by atoms with van der Waals surface area (Å²) in [6.45, 7) is 0. The Morgan fingerprint density at radius 1 is 1.06 bits per heavy atom. The van der Waals surface area contributed by atoms with E-state index in [2.05, 4.69) is 25.9 Å². The van der Waals surface area contributed by atoms with Crippen LogP contribution < -0.4 is 0 Å². The van der Waals surface area contributed by atoms with Crippen molar-refractivity contribution in [1.29, 1.82) is 0 Å². The van der Waals surface area contributed by atoms with E-state index >= 15 is 0 Å². The van der Waals surface area contributed by atoms with Gasteiger partial charge in [0.05, 0.1) is 15.2 Å². The predicted molar refractivity (Wildman–Crippen MR) is 80.8 cm³/mol. The third kappa shape index (κ3) is 3.52. The Labute approximate surface area is 132 Å². The minimum atomic E-state index is 0.310. The van der Waals surface area contributed by atoms with E-state index in [1.807, 2.05) is 24.3 Å². The van der Waals surface area contributed by atoms with E-state index in [4.69, 9.17) is 34.8 Å². The number of thioether (sulfide) groups is 1. The highest BCUT2D eigenvalue weighted by Gasteiger charge is 2.09. The fourth-order valence-corrected chi connectivity index (χ4v) is 2.90. The first-order valence-corrected chi connectivity index (χ1v) is 7.74. The van der Waals surface area contributed by atoms with E-state index < -0.39 is 0 Å². The van der Waals surface area contributed by atoms with Gasteiger partial charge >= 0.3 is 0 Å². The summed E-state index contributed by atoms with van der Waals surface area (Å²) in [6, 6.07) is 7.59. The SMILES string of the molecule is Clc1ccccc1SCc1nc(Cl)c(Br)c(Cl)n1. The largest absolute Gasteiger partial charge is 0.219 e. The molecule has 2 aromatic rings. The molecule has 7 heteroatoms. The summed E-state index contributed by atoms with van der Waals surface area (Å²) < 4.78 is 0.511. The molecule has 1 aromatic heterocycles. The predicted octanol–water partition coefficient (Wildman–Crippen LogP) is 5.49. The maximum absolute atomic E-state index is 6.06. The quantitative estimate of drug-likeness (QED) is 0.517. The van der Waals surface area contributed by atoms with Gasteiger partial charge in [0.25, 0.3) is 0 Å². The van der Waals surface area contributed by atoms with Crippen LogP contribution in [0.1, 0.15) is 5.82 Å². The molecule has 1 aromatic carbocycles. The molecule has 94 valence electrons. The van der Waals surface area contributed by atoms with E-state index in [1.54, 1.807) is 0 Å². The molecule has 0 aliphatic rings. The average Bonchev–Trinajstić information content (AvgIpc) is 2.35. The van der Waals surface area contributed by atoms with Crippen molar-refractivity contribution in [2.45, 2.75) is 10.6 Å². The molecule has 0 unspecified atom stereocenters. The second-order valence-electron chi connectivity index (χ2n) is 3.25. The molecule has 0 saturated carbocycles. The maximum Gasteiger partial charge on any atom is 0.148 e. The summed E-state index contributed by atoms with van der Waals surface area (Å²) in [7, 11) is 0. The number of benzene rings is 1. The zero-order valence-electron chi connectivity index (χ0n) is 8.83. The summed E-state index contributed by atoms with van der Waals surface area (Å²) in [5, 5.41) is 1.33. The van der Waals surface area contributed by atoms with Crippen molar-refractivity contribution in [1.82, 2.24) is 9.97 Å². The molecule has 0 aliphatic heterocycles. The van der Waals surface area contributed by atoms with Crippen molar-refractivity contribution in [2.24, 2.45) is 0 Å². The number of halogens is 4. The van der Waals surface area contributed by atoms with Gasteiger partial charge < -0.3 is 0 Å². The Hall–Kier alpha value is -0.000000000000000167. The molecular formula is C11H6BrCl3N2S. The lowest BCUT2D eigenvalue weighted by atomic mass is 10.4. The van der Waals surface area contributed by atoms with Crippen LogP contribution in [0.25, 0.3) is 0 Å². The van der Waals surface area contributed by atoms with Gasteiger partial charge in [-0.2, -0.15) is 0 Å². The van der Waals surface area contributed by atoms with Gasteiger partial charge in [-0.3, -0.25) is 0 Å². The second kappa shape index (κ2) is 6.44. The molecule has 1 heterocycles. The van der Waals surface area contributed by atoms with Gasteiger partial charge in [0.2, 0.25) is 0 Å². The highest BCUT2D eigenvalue weighted by Crippen LogP contribution is 2.31. The summed E-state index contributed by atoms with van der Waals surface area (Å²) in [4.78, 5) is 9.25. The van der Waals surface area contributed by atoms with Gasteiger partial charge in [-0.15, -0.1) is 11.8 Å². The van der Waals surface area contributed by atoms with Crippen LogP contribution in [0.4, 0.5) is 0 Å². The molecular weight excluding hydrogens is 378 g/mol. The van der Waals surface area contributed by atoms with E-state index in [0.717, 1.165) is 4.90 Å². The Kier molecular flexibility index (Phi) is 5.15. The van der Waals surface area contributed by atoms with Crippen molar-refractivity contribution in [3.05, 3.63) is 49.9 Å². The van der Waals surface area contributed by atoms with Crippen molar-refractivity contribution in [3.63, 3.8) is 0 Å². The van der Waals surface area contributed by atoms with Crippen LogP contribution >= 0.6 is 62.5 Å². The molecule has 0 N–H and O–H groups in total. The fraction of sp³-hybridized carbons (Fsp3) is 0.0909. The smallest absolute Gasteiger partial charge is 0.148 e. The Bertz CT molecular complexity index is 557. The monoisotopic (exact) mass is 382 g/mol. The molecule has 2 nitrogen and oxygen atoms in total. The van der Waals surface area contributed by atoms with Gasteiger partial charge in [0.15, 0.2) is 0 Å². The van der Waals surface area contributed by atoms with Crippen LogP contribution in [-0.4, -0.2) is 9.97 Å². The number of aromatic nitrogens is 2. The van der Waals surface area contributed by atoms with Crippen molar-refractivity contribution in [3.8, 4) is 0 Å². The first-order chi connectivity index (χ1) is 8.58. The standard InChI is InChI=1S/C11H6BrCl3N2S/c12-9-10(14)16-8(17-11(9)15)5-18-7-4-2-1-3-6(7)13/h1-4H,5H2. The summed E-state index contributed by atoms with van der Waals surface area (Å²) in [5.74, 6) is 1.12. The third-order valence-corrected chi connectivity index (χ3v) is 5.28. The highest BCUT2D eigenvalue weighted by molar-refractivity contribution is 9.10. The zero-order chi connectivity index (χ0) is 13.1. The van der Waals surface area contributed by atoms with Crippen LogP contribution in [0, 0.1) is 0 Å². The molecule has 0 aliphatic carbocycles. The molecule has 0 radical (unpaired) electrons. The van der Waals surface area contributed by atoms with Crippen LogP contribution in [-0.2, 0) is 5.75 Å². The van der Waals surface area contributed by atoms with E-state index in [9.17, 15) is 0 Å². The first-order valence-electron chi connectivity index (χ1n) is 4.82. The van der Waals surface area contributed by atoms with Gasteiger partial charge in [0.1, 0.15) is 16.1 Å². The summed E-state index contributed by atoms with van der Waals surface area (Å²) >= 11 is 22.6. The molecule has 0 fully saturated rings. The van der Waals surface area contributed by atoms with Gasteiger partial charge in [-0.25, -0.2) is 9.97 Å². The minimum Gasteiger partial charge on any atom is -0.219 e.